The lowest BCUT2D eigenvalue weighted by molar-refractivity contribution is 0.415. The van der Waals surface area contributed by atoms with Crippen molar-refractivity contribution in [3.05, 3.63) is 64.1 Å². The number of aromatic amines is 1. The van der Waals surface area contributed by atoms with E-state index < -0.39 is 0 Å². The van der Waals surface area contributed by atoms with E-state index in [1.165, 1.54) is 5.56 Å². The maximum atomic E-state index is 12.4. The molecule has 0 fully saturated rings. The van der Waals surface area contributed by atoms with Crippen molar-refractivity contribution in [2.45, 2.75) is 13.8 Å². The fraction of sp³-hybridized carbons (Fsp3) is 0.150. The molecule has 0 amide bonds. The van der Waals surface area contributed by atoms with Crippen LogP contribution in [-0.2, 0) is 0 Å². The lowest BCUT2D eigenvalue weighted by Gasteiger charge is -2.05. The zero-order valence-electron chi connectivity index (χ0n) is 13.8. The van der Waals surface area contributed by atoms with Crippen LogP contribution in [0.4, 0.5) is 0 Å². The highest BCUT2D eigenvalue weighted by atomic mass is 16.5. The monoisotopic (exact) mass is 319 g/mol. The first-order valence-electron chi connectivity index (χ1n) is 7.78. The molecule has 4 nitrogen and oxygen atoms in total. The quantitative estimate of drug-likeness (QED) is 0.551. The SMILES string of the molecule is COc1ccc(-c2cc3c(ccc4[nH]c(C)c(C)c43)oc2=O)cc1. The van der Waals surface area contributed by atoms with Crippen molar-refractivity contribution in [1.82, 2.24) is 4.98 Å². The summed E-state index contributed by atoms with van der Waals surface area (Å²) in [6.45, 7) is 4.12. The zero-order chi connectivity index (χ0) is 16.8. The molecule has 0 aliphatic carbocycles. The Balaban J connectivity index is 2.03. The molecule has 4 heteroatoms. The minimum atomic E-state index is -0.336. The third-order valence-corrected chi connectivity index (χ3v) is 4.58. The maximum absolute atomic E-state index is 12.4. The van der Waals surface area contributed by atoms with Gasteiger partial charge in [0, 0.05) is 22.0 Å². The topological polar surface area (TPSA) is 55.2 Å². The lowest BCUT2D eigenvalue weighted by atomic mass is 10.0. The van der Waals surface area contributed by atoms with Crippen LogP contribution in [0.15, 0.2) is 51.7 Å². The molecule has 0 bridgehead atoms. The second kappa shape index (κ2) is 5.27. The van der Waals surface area contributed by atoms with Gasteiger partial charge in [0.25, 0.3) is 0 Å². The Labute approximate surface area is 138 Å². The second-order valence-electron chi connectivity index (χ2n) is 5.95. The molecule has 4 aromatic rings. The fourth-order valence-electron chi connectivity index (χ4n) is 3.15. The third kappa shape index (κ3) is 2.11. The van der Waals surface area contributed by atoms with Crippen LogP contribution in [-0.4, -0.2) is 12.1 Å². The van der Waals surface area contributed by atoms with Crippen molar-refractivity contribution < 1.29 is 9.15 Å². The summed E-state index contributed by atoms with van der Waals surface area (Å²) in [6, 6.07) is 13.1. The Morgan fingerprint density at radius 1 is 1.04 bits per heavy atom. The third-order valence-electron chi connectivity index (χ3n) is 4.58. The van der Waals surface area contributed by atoms with Gasteiger partial charge in [-0.2, -0.15) is 0 Å². The average Bonchev–Trinajstić information content (AvgIpc) is 2.89. The van der Waals surface area contributed by atoms with Crippen molar-refractivity contribution in [1.29, 1.82) is 0 Å². The number of aryl methyl sites for hydroxylation is 2. The highest BCUT2D eigenvalue weighted by Gasteiger charge is 2.13. The molecule has 4 rings (SSSR count). The van der Waals surface area contributed by atoms with E-state index in [4.69, 9.17) is 9.15 Å². The van der Waals surface area contributed by atoms with E-state index in [0.717, 1.165) is 33.3 Å². The summed E-state index contributed by atoms with van der Waals surface area (Å²) in [5.74, 6) is 0.753. The molecule has 24 heavy (non-hydrogen) atoms. The van der Waals surface area contributed by atoms with Crippen LogP contribution in [0.3, 0.4) is 0 Å². The molecule has 0 unspecified atom stereocenters. The van der Waals surface area contributed by atoms with Gasteiger partial charge in [-0.25, -0.2) is 4.79 Å². The number of benzene rings is 2. The summed E-state index contributed by atoms with van der Waals surface area (Å²) in [5, 5.41) is 2.04. The smallest absolute Gasteiger partial charge is 0.344 e. The summed E-state index contributed by atoms with van der Waals surface area (Å²) >= 11 is 0. The normalized spacial score (nSPS) is 11.3. The van der Waals surface area contributed by atoms with Crippen LogP contribution in [0.2, 0.25) is 0 Å². The highest BCUT2D eigenvalue weighted by Crippen LogP contribution is 2.31. The van der Waals surface area contributed by atoms with E-state index in [-0.39, 0.29) is 5.63 Å². The van der Waals surface area contributed by atoms with Crippen LogP contribution in [0.25, 0.3) is 33.0 Å². The van der Waals surface area contributed by atoms with Gasteiger partial charge in [-0.3, -0.25) is 0 Å². The molecular formula is C20H17NO3. The van der Waals surface area contributed by atoms with Gasteiger partial charge in [-0.15, -0.1) is 0 Å². The average molecular weight is 319 g/mol. The predicted molar refractivity (Wildman–Crippen MR) is 95.8 cm³/mol. The van der Waals surface area contributed by atoms with Crippen molar-refractivity contribution in [3.63, 3.8) is 0 Å². The summed E-state index contributed by atoms with van der Waals surface area (Å²) in [7, 11) is 1.62. The first kappa shape index (κ1) is 14.6. The number of ether oxygens (including phenoxy) is 1. The molecule has 0 saturated carbocycles. The van der Waals surface area contributed by atoms with E-state index in [0.29, 0.717) is 11.1 Å². The second-order valence-corrected chi connectivity index (χ2v) is 5.95. The molecule has 0 radical (unpaired) electrons. The highest BCUT2D eigenvalue weighted by molar-refractivity contribution is 6.07. The molecular weight excluding hydrogens is 302 g/mol. The molecule has 2 heterocycles. The molecule has 0 spiro atoms. The first-order valence-corrected chi connectivity index (χ1v) is 7.78. The van der Waals surface area contributed by atoms with E-state index in [9.17, 15) is 4.79 Å². The van der Waals surface area contributed by atoms with E-state index in [2.05, 4.69) is 11.9 Å². The largest absolute Gasteiger partial charge is 0.497 e. The van der Waals surface area contributed by atoms with Crippen molar-refractivity contribution in [2.24, 2.45) is 0 Å². The van der Waals surface area contributed by atoms with E-state index in [1.54, 1.807) is 7.11 Å². The molecule has 0 atom stereocenters. The van der Waals surface area contributed by atoms with Gasteiger partial charge < -0.3 is 14.1 Å². The molecule has 1 N–H and O–H groups in total. The van der Waals surface area contributed by atoms with E-state index in [1.807, 2.05) is 49.4 Å². The number of nitrogens with one attached hydrogen (secondary N) is 1. The zero-order valence-corrected chi connectivity index (χ0v) is 13.8. The minimum absolute atomic E-state index is 0.336. The molecule has 2 aromatic heterocycles. The van der Waals surface area contributed by atoms with Crippen molar-refractivity contribution in [3.8, 4) is 16.9 Å². The van der Waals surface area contributed by atoms with Gasteiger partial charge in [0.15, 0.2) is 0 Å². The maximum Gasteiger partial charge on any atom is 0.344 e. The van der Waals surface area contributed by atoms with Crippen molar-refractivity contribution >= 4 is 21.9 Å². The van der Waals surface area contributed by atoms with E-state index >= 15 is 0 Å². The summed E-state index contributed by atoms with van der Waals surface area (Å²) in [6.07, 6.45) is 0. The number of hydrogen-bond acceptors (Lipinski definition) is 3. The van der Waals surface area contributed by atoms with Crippen LogP contribution in [0.1, 0.15) is 11.3 Å². The van der Waals surface area contributed by atoms with Gasteiger partial charge in [-0.1, -0.05) is 12.1 Å². The number of H-pyrrole nitrogens is 1. The lowest BCUT2D eigenvalue weighted by Crippen LogP contribution is -2.02. The molecule has 2 aromatic carbocycles. The Kier molecular flexibility index (Phi) is 3.20. The standard InChI is InChI=1S/C20H17NO3/c1-11-12(2)21-17-8-9-18-16(19(11)17)10-15(20(22)24-18)13-4-6-14(23-3)7-5-13/h4-10,21H,1-3H3. The predicted octanol–water partition coefficient (Wildman–Crippen LogP) is 4.57. The summed E-state index contributed by atoms with van der Waals surface area (Å²) in [5.41, 5.74) is 4.97. The van der Waals surface area contributed by atoms with Gasteiger partial charge in [-0.05, 0) is 55.3 Å². The van der Waals surface area contributed by atoms with Crippen LogP contribution < -0.4 is 10.4 Å². The van der Waals surface area contributed by atoms with Gasteiger partial charge in [0.05, 0.1) is 12.7 Å². The number of hydrogen-bond donors (Lipinski definition) is 1. The number of aromatic nitrogens is 1. The fourth-order valence-corrected chi connectivity index (χ4v) is 3.15. The first-order chi connectivity index (χ1) is 11.6. The van der Waals surface area contributed by atoms with Crippen LogP contribution in [0.5, 0.6) is 5.75 Å². The van der Waals surface area contributed by atoms with Crippen LogP contribution in [0, 0.1) is 13.8 Å². The van der Waals surface area contributed by atoms with Gasteiger partial charge in [0.1, 0.15) is 11.3 Å². The van der Waals surface area contributed by atoms with Crippen LogP contribution >= 0.6 is 0 Å². The molecule has 0 aliphatic heterocycles. The Bertz CT molecular complexity index is 1120. The number of fused-ring (bicyclic) bond motifs is 3. The Morgan fingerprint density at radius 2 is 1.79 bits per heavy atom. The molecule has 0 saturated heterocycles. The van der Waals surface area contributed by atoms with Gasteiger partial charge in [0.2, 0.25) is 0 Å². The summed E-state index contributed by atoms with van der Waals surface area (Å²) in [4.78, 5) is 15.8. The van der Waals surface area contributed by atoms with Crippen molar-refractivity contribution in [2.75, 3.05) is 7.11 Å². The number of rotatable bonds is 2. The molecule has 120 valence electrons. The minimum Gasteiger partial charge on any atom is -0.497 e. The number of methoxy groups -OCH3 is 1. The molecule has 0 aliphatic rings. The Morgan fingerprint density at radius 3 is 2.50 bits per heavy atom. The Hall–Kier alpha value is -3.01. The van der Waals surface area contributed by atoms with Gasteiger partial charge >= 0.3 is 5.63 Å². The summed E-state index contributed by atoms with van der Waals surface area (Å²) < 4.78 is 10.8.